The quantitative estimate of drug-likeness (QED) is 0.880. The molecule has 1 aromatic carbocycles. The summed E-state index contributed by atoms with van der Waals surface area (Å²) >= 11 is 0. The number of anilines is 1. The van der Waals surface area contributed by atoms with Gasteiger partial charge in [-0.2, -0.15) is 0 Å². The number of hydrogen-bond acceptors (Lipinski definition) is 4. The molecule has 0 radical (unpaired) electrons. The van der Waals surface area contributed by atoms with Crippen molar-refractivity contribution in [1.29, 1.82) is 0 Å². The van der Waals surface area contributed by atoms with Crippen LogP contribution in [0.5, 0.6) is 0 Å². The lowest BCUT2D eigenvalue weighted by Crippen LogP contribution is -2.40. The van der Waals surface area contributed by atoms with Crippen molar-refractivity contribution < 1.29 is 14.3 Å². The summed E-state index contributed by atoms with van der Waals surface area (Å²) in [5.74, 6) is 0.0276. The minimum Gasteiger partial charge on any atom is -0.444 e. The molecule has 148 valence electrons. The molecule has 0 bridgehead atoms. The number of piperidine rings is 1. The minimum atomic E-state index is -0.545. The lowest BCUT2D eigenvalue weighted by molar-refractivity contribution is -0.117. The number of alkyl carbamates (subject to hydrolysis) is 1. The smallest absolute Gasteiger partial charge is 0.407 e. The van der Waals surface area contributed by atoms with Gasteiger partial charge in [0.25, 0.3) is 0 Å². The Kier molecular flexibility index (Phi) is 6.05. The van der Waals surface area contributed by atoms with E-state index < -0.39 is 11.7 Å². The average Bonchev–Trinajstić information content (AvgIpc) is 2.95. The average molecular weight is 373 g/mol. The largest absolute Gasteiger partial charge is 0.444 e. The summed E-state index contributed by atoms with van der Waals surface area (Å²) < 4.78 is 5.28. The monoisotopic (exact) mass is 373 g/mol. The van der Waals surface area contributed by atoms with Crippen LogP contribution in [0.2, 0.25) is 0 Å². The van der Waals surface area contributed by atoms with Crippen LogP contribution in [0, 0.1) is 0 Å². The molecule has 1 N–H and O–H groups in total. The number of amides is 2. The molecule has 2 fully saturated rings. The Morgan fingerprint density at radius 1 is 1.15 bits per heavy atom. The van der Waals surface area contributed by atoms with Crippen LogP contribution < -0.4 is 10.2 Å². The molecule has 2 aliphatic heterocycles. The molecular weight excluding hydrogens is 342 g/mol. The lowest BCUT2D eigenvalue weighted by Gasteiger charge is -2.26. The molecular formula is C21H31N3O3. The summed E-state index contributed by atoms with van der Waals surface area (Å²) in [6.07, 6.45) is 3.73. The number of carbonyl (C=O) groups excluding carboxylic acids is 2. The molecule has 0 aromatic heterocycles. The van der Waals surface area contributed by atoms with Gasteiger partial charge in [0.1, 0.15) is 5.60 Å². The van der Waals surface area contributed by atoms with Gasteiger partial charge in [-0.05, 0) is 64.4 Å². The fourth-order valence-electron chi connectivity index (χ4n) is 3.69. The second-order valence-electron chi connectivity index (χ2n) is 8.55. The molecule has 0 saturated carbocycles. The van der Waals surface area contributed by atoms with E-state index in [4.69, 9.17) is 4.74 Å². The van der Waals surface area contributed by atoms with Crippen LogP contribution in [0.25, 0.3) is 0 Å². The highest BCUT2D eigenvalue weighted by Crippen LogP contribution is 2.23. The molecule has 6 nitrogen and oxygen atoms in total. The number of likely N-dealkylation sites (tertiary alicyclic amines) is 1. The predicted molar refractivity (Wildman–Crippen MR) is 106 cm³/mol. The van der Waals surface area contributed by atoms with Crippen LogP contribution in [0.15, 0.2) is 24.3 Å². The first kappa shape index (κ1) is 19.7. The van der Waals surface area contributed by atoms with Crippen molar-refractivity contribution >= 4 is 17.7 Å². The van der Waals surface area contributed by atoms with E-state index in [-0.39, 0.29) is 11.9 Å². The molecule has 1 atom stereocenters. The topological polar surface area (TPSA) is 61.9 Å². The van der Waals surface area contributed by atoms with Crippen molar-refractivity contribution in [3.05, 3.63) is 29.8 Å². The Morgan fingerprint density at radius 3 is 2.44 bits per heavy atom. The number of benzene rings is 1. The molecule has 2 amide bonds. The molecule has 0 unspecified atom stereocenters. The van der Waals surface area contributed by atoms with E-state index in [1.165, 1.54) is 37.9 Å². The number of ether oxygens (including phenoxy) is 1. The Balaban J connectivity index is 1.54. The minimum absolute atomic E-state index is 0.0276. The van der Waals surface area contributed by atoms with Gasteiger partial charge in [0.15, 0.2) is 0 Å². The molecule has 1 aromatic rings. The van der Waals surface area contributed by atoms with Crippen molar-refractivity contribution in [3.63, 3.8) is 0 Å². The highest BCUT2D eigenvalue weighted by atomic mass is 16.6. The van der Waals surface area contributed by atoms with Gasteiger partial charge in [-0.1, -0.05) is 18.6 Å². The molecule has 2 saturated heterocycles. The standard InChI is InChI=1S/C21H31N3O3/c1-21(2,3)27-20(26)22-17-13-19(25)24(15-17)18-9-7-16(8-10-18)14-23-11-5-4-6-12-23/h7-10,17H,4-6,11-15H2,1-3H3,(H,22,26)/t17-/m0/s1. The van der Waals surface area contributed by atoms with Crippen LogP contribution in [0.1, 0.15) is 52.0 Å². The molecule has 6 heteroatoms. The zero-order valence-electron chi connectivity index (χ0n) is 16.7. The maximum atomic E-state index is 12.4. The van der Waals surface area contributed by atoms with E-state index in [9.17, 15) is 9.59 Å². The van der Waals surface area contributed by atoms with Crippen LogP contribution in [0.3, 0.4) is 0 Å². The normalized spacial score (nSPS) is 21.4. The van der Waals surface area contributed by atoms with E-state index in [1.54, 1.807) is 4.90 Å². The zero-order chi connectivity index (χ0) is 19.4. The SMILES string of the molecule is CC(C)(C)OC(=O)N[C@H]1CC(=O)N(c2ccc(CN3CCCCC3)cc2)C1. The first-order valence-corrected chi connectivity index (χ1v) is 9.91. The highest BCUT2D eigenvalue weighted by molar-refractivity contribution is 5.96. The van der Waals surface area contributed by atoms with E-state index in [0.717, 1.165) is 12.2 Å². The summed E-state index contributed by atoms with van der Waals surface area (Å²) in [6.45, 7) is 9.26. The summed E-state index contributed by atoms with van der Waals surface area (Å²) in [6, 6.07) is 8.00. The van der Waals surface area contributed by atoms with Gasteiger partial charge in [-0.3, -0.25) is 9.69 Å². The second kappa shape index (κ2) is 8.30. The van der Waals surface area contributed by atoms with Gasteiger partial charge in [0.2, 0.25) is 5.91 Å². The Hall–Kier alpha value is -2.08. The Labute approximate surface area is 161 Å². The first-order valence-electron chi connectivity index (χ1n) is 9.91. The van der Waals surface area contributed by atoms with Crippen LogP contribution in [-0.2, 0) is 16.1 Å². The van der Waals surface area contributed by atoms with E-state index in [2.05, 4.69) is 22.3 Å². The maximum Gasteiger partial charge on any atom is 0.407 e. The van der Waals surface area contributed by atoms with Crippen molar-refractivity contribution in [2.75, 3.05) is 24.5 Å². The third-order valence-electron chi connectivity index (χ3n) is 4.95. The van der Waals surface area contributed by atoms with Crippen molar-refractivity contribution in [3.8, 4) is 0 Å². The van der Waals surface area contributed by atoms with Crippen molar-refractivity contribution in [2.45, 2.75) is 64.6 Å². The number of nitrogens with one attached hydrogen (secondary N) is 1. The molecule has 3 rings (SSSR count). The van der Waals surface area contributed by atoms with E-state index >= 15 is 0 Å². The van der Waals surface area contributed by atoms with Gasteiger partial charge in [-0.15, -0.1) is 0 Å². The number of rotatable bonds is 4. The van der Waals surface area contributed by atoms with E-state index in [0.29, 0.717) is 13.0 Å². The zero-order valence-corrected chi connectivity index (χ0v) is 16.7. The molecule has 2 heterocycles. The van der Waals surface area contributed by atoms with Crippen molar-refractivity contribution in [2.24, 2.45) is 0 Å². The summed E-state index contributed by atoms with van der Waals surface area (Å²) in [5, 5.41) is 2.80. The predicted octanol–water partition coefficient (Wildman–Crippen LogP) is 3.30. The van der Waals surface area contributed by atoms with Gasteiger partial charge in [0.05, 0.1) is 6.04 Å². The summed E-state index contributed by atoms with van der Waals surface area (Å²) in [4.78, 5) is 28.5. The van der Waals surface area contributed by atoms with Crippen molar-refractivity contribution in [1.82, 2.24) is 10.2 Å². The molecule has 2 aliphatic rings. The number of hydrogen-bond donors (Lipinski definition) is 1. The third-order valence-corrected chi connectivity index (χ3v) is 4.95. The summed E-state index contributed by atoms with van der Waals surface area (Å²) in [7, 11) is 0. The first-order chi connectivity index (χ1) is 12.8. The van der Waals surface area contributed by atoms with Crippen LogP contribution >= 0.6 is 0 Å². The Bertz CT molecular complexity index is 660. The third kappa shape index (κ3) is 5.70. The van der Waals surface area contributed by atoms with Gasteiger partial charge >= 0.3 is 6.09 Å². The van der Waals surface area contributed by atoms with Crippen LogP contribution in [0.4, 0.5) is 10.5 Å². The molecule has 0 spiro atoms. The molecule has 27 heavy (non-hydrogen) atoms. The van der Waals surface area contributed by atoms with Gasteiger partial charge in [0, 0.05) is 25.2 Å². The van der Waals surface area contributed by atoms with Gasteiger partial charge in [-0.25, -0.2) is 4.79 Å². The van der Waals surface area contributed by atoms with E-state index in [1.807, 2.05) is 32.9 Å². The lowest BCUT2D eigenvalue weighted by atomic mass is 10.1. The second-order valence-corrected chi connectivity index (χ2v) is 8.55. The fraction of sp³-hybridized carbons (Fsp3) is 0.619. The fourth-order valence-corrected chi connectivity index (χ4v) is 3.69. The maximum absolute atomic E-state index is 12.4. The number of carbonyl (C=O) groups is 2. The molecule has 0 aliphatic carbocycles. The van der Waals surface area contributed by atoms with Crippen LogP contribution in [-0.4, -0.2) is 48.2 Å². The Morgan fingerprint density at radius 2 is 1.81 bits per heavy atom. The summed E-state index contributed by atoms with van der Waals surface area (Å²) in [5.41, 5.74) is 1.61. The highest BCUT2D eigenvalue weighted by Gasteiger charge is 2.32. The van der Waals surface area contributed by atoms with Gasteiger partial charge < -0.3 is 15.0 Å². The number of nitrogens with zero attached hydrogens (tertiary/aromatic N) is 2.